The van der Waals surface area contributed by atoms with Crippen molar-refractivity contribution in [1.29, 1.82) is 0 Å². The van der Waals surface area contributed by atoms with Crippen LogP contribution in [-0.4, -0.2) is 24.3 Å². The molecule has 1 aromatic rings. The van der Waals surface area contributed by atoms with Gasteiger partial charge in [-0.25, -0.2) is 0 Å². The summed E-state index contributed by atoms with van der Waals surface area (Å²) in [6.45, 7) is 5.97. The number of piperidine rings is 1. The molecule has 3 N–H and O–H groups in total. The topological polar surface area (TPSA) is 49.5 Å². The van der Waals surface area contributed by atoms with Crippen molar-refractivity contribution in [3.05, 3.63) is 29.8 Å². The van der Waals surface area contributed by atoms with Gasteiger partial charge in [0.1, 0.15) is 0 Å². The molecule has 1 aliphatic rings. The molecule has 0 aromatic heterocycles. The molecule has 1 aromatic carbocycles. The van der Waals surface area contributed by atoms with Gasteiger partial charge in [0.2, 0.25) is 0 Å². The van der Waals surface area contributed by atoms with Crippen molar-refractivity contribution in [1.82, 2.24) is 0 Å². The third-order valence-corrected chi connectivity index (χ3v) is 4.01. The number of nitrogens with zero attached hydrogens (tertiary/aromatic N) is 1. The average molecular weight is 248 g/mol. The van der Waals surface area contributed by atoms with Crippen molar-refractivity contribution >= 4 is 5.69 Å². The first-order valence-electron chi connectivity index (χ1n) is 6.86. The van der Waals surface area contributed by atoms with Crippen LogP contribution in [0, 0.1) is 5.92 Å². The summed E-state index contributed by atoms with van der Waals surface area (Å²) in [5.74, 6) is 0.463. The van der Waals surface area contributed by atoms with Gasteiger partial charge in [-0.3, -0.25) is 0 Å². The Labute approximate surface area is 110 Å². The lowest BCUT2D eigenvalue weighted by molar-refractivity contribution is 0.110. The zero-order chi connectivity index (χ0) is 13.1. The van der Waals surface area contributed by atoms with Crippen LogP contribution < -0.4 is 10.6 Å². The number of hydrogen-bond donors (Lipinski definition) is 2. The second-order valence-corrected chi connectivity index (χ2v) is 5.45. The predicted octanol–water partition coefficient (Wildman–Crippen LogP) is 2.30. The fourth-order valence-corrected chi connectivity index (χ4v) is 2.63. The highest BCUT2D eigenvalue weighted by atomic mass is 16.3. The van der Waals surface area contributed by atoms with Crippen LogP contribution in [0.3, 0.4) is 0 Å². The largest absolute Gasteiger partial charge is 0.393 e. The molecule has 1 unspecified atom stereocenters. The monoisotopic (exact) mass is 248 g/mol. The van der Waals surface area contributed by atoms with Crippen LogP contribution in [-0.2, 0) is 0 Å². The summed E-state index contributed by atoms with van der Waals surface area (Å²) in [6.07, 6.45) is 1.98. The van der Waals surface area contributed by atoms with Crippen LogP contribution in [0.25, 0.3) is 0 Å². The molecule has 0 amide bonds. The molecule has 100 valence electrons. The number of anilines is 1. The van der Waals surface area contributed by atoms with E-state index in [0.717, 1.165) is 25.9 Å². The minimum Gasteiger partial charge on any atom is -0.393 e. The van der Waals surface area contributed by atoms with Crippen LogP contribution in [0.4, 0.5) is 5.69 Å². The first kappa shape index (κ1) is 13.4. The number of benzene rings is 1. The van der Waals surface area contributed by atoms with E-state index in [-0.39, 0.29) is 12.1 Å². The van der Waals surface area contributed by atoms with Gasteiger partial charge in [0.25, 0.3) is 0 Å². The van der Waals surface area contributed by atoms with E-state index in [1.54, 1.807) is 0 Å². The molecule has 0 saturated carbocycles. The van der Waals surface area contributed by atoms with Gasteiger partial charge in [-0.15, -0.1) is 0 Å². The zero-order valence-corrected chi connectivity index (χ0v) is 11.3. The maximum atomic E-state index is 9.60. The molecule has 3 nitrogen and oxygen atoms in total. The lowest BCUT2D eigenvalue weighted by Gasteiger charge is -2.34. The van der Waals surface area contributed by atoms with E-state index in [2.05, 4.69) is 29.2 Å². The van der Waals surface area contributed by atoms with Crippen molar-refractivity contribution < 1.29 is 5.11 Å². The van der Waals surface area contributed by atoms with Gasteiger partial charge in [0, 0.05) is 24.8 Å². The Kier molecular flexibility index (Phi) is 4.25. The summed E-state index contributed by atoms with van der Waals surface area (Å²) >= 11 is 0. The van der Waals surface area contributed by atoms with E-state index in [4.69, 9.17) is 5.73 Å². The molecule has 1 fully saturated rings. The summed E-state index contributed by atoms with van der Waals surface area (Å²) < 4.78 is 0. The molecule has 2 rings (SSSR count). The van der Waals surface area contributed by atoms with Crippen LogP contribution in [0.2, 0.25) is 0 Å². The molecule has 2 atom stereocenters. The lowest BCUT2D eigenvalue weighted by Crippen LogP contribution is -2.37. The van der Waals surface area contributed by atoms with E-state index in [1.807, 2.05) is 13.8 Å². The van der Waals surface area contributed by atoms with Crippen molar-refractivity contribution in [2.75, 3.05) is 18.0 Å². The highest BCUT2D eigenvalue weighted by Crippen LogP contribution is 2.26. The fraction of sp³-hybridized carbons (Fsp3) is 0.600. The molecular weight excluding hydrogens is 224 g/mol. The lowest BCUT2D eigenvalue weighted by atomic mass is 9.92. The van der Waals surface area contributed by atoms with E-state index < -0.39 is 0 Å². The van der Waals surface area contributed by atoms with Crippen molar-refractivity contribution in [3.8, 4) is 0 Å². The molecule has 0 spiro atoms. The summed E-state index contributed by atoms with van der Waals surface area (Å²) in [5.41, 5.74) is 8.30. The molecular formula is C15H24N2O. The SMILES string of the molecule is CC(O)C1CCN(c2ccc([C@H](C)N)cc2)CC1. The minimum absolute atomic E-state index is 0.0972. The Morgan fingerprint density at radius 2 is 1.72 bits per heavy atom. The molecule has 1 saturated heterocycles. The molecule has 0 bridgehead atoms. The summed E-state index contributed by atoms with van der Waals surface area (Å²) in [5, 5.41) is 9.60. The quantitative estimate of drug-likeness (QED) is 0.863. The Hall–Kier alpha value is -1.06. The smallest absolute Gasteiger partial charge is 0.0541 e. The van der Waals surface area contributed by atoms with Gasteiger partial charge in [-0.1, -0.05) is 12.1 Å². The highest BCUT2D eigenvalue weighted by Gasteiger charge is 2.22. The van der Waals surface area contributed by atoms with E-state index in [9.17, 15) is 5.11 Å². The van der Waals surface area contributed by atoms with E-state index in [0.29, 0.717) is 5.92 Å². The highest BCUT2D eigenvalue weighted by molar-refractivity contribution is 5.48. The fourth-order valence-electron chi connectivity index (χ4n) is 2.63. The Balaban J connectivity index is 1.97. The Bertz CT molecular complexity index is 365. The first-order valence-corrected chi connectivity index (χ1v) is 6.86. The van der Waals surface area contributed by atoms with Crippen LogP contribution in [0.15, 0.2) is 24.3 Å². The summed E-state index contributed by atoms with van der Waals surface area (Å²) in [7, 11) is 0. The summed E-state index contributed by atoms with van der Waals surface area (Å²) in [4.78, 5) is 2.39. The third kappa shape index (κ3) is 3.03. The van der Waals surface area contributed by atoms with Crippen LogP contribution in [0.1, 0.15) is 38.3 Å². The van der Waals surface area contributed by atoms with Gasteiger partial charge in [0.15, 0.2) is 0 Å². The molecule has 0 radical (unpaired) electrons. The molecule has 0 aliphatic carbocycles. The first-order chi connectivity index (χ1) is 8.58. The standard InChI is InChI=1S/C15H24N2O/c1-11(16)13-3-5-15(6-4-13)17-9-7-14(8-10-17)12(2)18/h3-6,11-12,14,18H,7-10,16H2,1-2H3/t11-,12?/m0/s1. The normalized spacial score (nSPS) is 20.8. The maximum absolute atomic E-state index is 9.60. The number of aliphatic hydroxyl groups is 1. The third-order valence-electron chi connectivity index (χ3n) is 4.01. The number of nitrogens with two attached hydrogens (primary N) is 1. The van der Waals surface area contributed by atoms with Crippen molar-refractivity contribution in [3.63, 3.8) is 0 Å². The molecule has 1 aliphatic heterocycles. The van der Waals surface area contributed by atoms with Crippen LogP contribution >= 0.6 is 0 Å². The van der Waals surface area contributed by atoms with Gasteiger partial charge >= 0.3 is 0 Å². The van der Waals surface area contributed by atoms with Gasteiger partial charge in [0.05, 0.1) is 6.10 Å². The van der Waals surface area contributed by atoms with Crippen molar-refractivity contribution in [2.45, 2.75) is 38.8 Å². The van der Waals surface area contributed by atoms with Gasteiger partial charge in [-0.05, 0) is 50.3 Å². The minimum atomic E-state index is -0.174. The van der Waals surface area contributed by atoms with Gasteiger partial charge in [-0.2, -0.15) is 0 Å². The Morgan fingerprint density at radius 3 is 2.17 bits per heavy atom. The predicted molar refractivity (Wildman–Crippen MR) is 75.7 cm³/mol. The maximum Gasteiger partial charge on any atom is 0.0541 e. The number of aliphatic hydroxyl groups excluding tert-OH is 1. The number of rotatable bonds is 3. The Morgan fingerprint density at radius 1 is 1.17 bits per heavy atom. The second-order valence-electron chi connectivity index (χ2n) is 5.45. The second kappa shape index (κ2) is 5.72. The van der Waals surface area contributed by atoms with Crippen molar-refractivity contribution in [2.24, 2.45) is 11.7 Å². The van der Waals surface area contributed by atoms with E-state index in [1.165, 1.54) is 11.3 Å². The number of hydrogen-bond acceptors (Lipinski definition) is 3. The van der Waals surface area contributed by atoms with Crippen LogP contribution in [0.5, 0.6) is 0 Å². The zero-order valence-electron chi connectivity index (χ0n) is 11.3. The summed E-state index contributed by atoms with van der Waals surface area (Å²) in [6, 6.07) is 8.63. The molecule has 3 heteroatoms. The van der Waals surface area contributed by atoms with E-state index >= 15 is 0 Å². The van der Waals surface area contributed by atoms with Gasteiger partial charge < -0.3 is 15.7 Å². The average Bonchev–Trinajstić information content (AvgIpc) is 2.39. The molecule has 18 heavy (non-hydrogen) atoms. The molecule has 1 heterocycles.